The predicted molar refractivity (Wildman–Crippen MR) is 81.3 cm³/mol. The van der Waals surface area contributed by atoms with Crippen LogP contribution in [0.3, 0.4) is 0 Å². The standard InChI is InChI=1S/C15H20ClN3/c1-9(2)8-12-14(18-19(4)15(12)17)11-6-5-7-13(16)10(11)3/h5-7,9H,8,17H2,1-4H3. The second-order valence-electron chi connectivity index (χ2n) is 5.35. The van der Waals surface area contributed by atoms with E-state index in [1.54, 1.807) is 4.68 Å². The zero-order valence-electron chi connectivity index (χ0n) is 11.9. The molecule has 3 nitrogen and oxygen atoms in total. The number of nitrogen functional groups attached to an aromatic ring is 1. The van der Waals surface area contributed by atoms with E-state index in [4.69, 9.17) is 17.3 Å². The fraction of sp³-hybridized carbons (Fsp3) is 0.400. The fourth-order valence-electron chi connectivity index (χ4n) is 2.27. The molecule has 2 rings (SSSR count). The molecular weight excluding hydrogens is 258 g/mol. The number of nitrogens with two attached hydrogens (primary N) is 1. The van der Waals surface area contributed by atoms with Crippen LogP contribution in [0, 0.1) is 12.8 Å². The largest absolute Gasteiger partial charge is 0.384 e. The molecule has 0 aliphatic heterocycles. The van der Waals surface area contributed by atoms with Crippen LogP contribution in [0.5, 0.6) is 0 Å². The van der Waals surface area contributed by atoms with Gasteiger partial charge in [-0.15, -0.1) is 0 Å². The first-order valence-electron chi connectivity index (χ1n) is 6.48. The van der Waals surface area contributed by atoms with Crippen LogP contribution in [0.1, 0.15) is 25.0 Å². The van der Waals surface area contributed by atoms with E-state index in [-0.39, 0.29) is 0 Å². The highest BCUT2D eigenvalue weighted by molar-refractivity contribution is 6.31. The molecule has 2 N–H and O–H groups in total. The lowest BCUT2D eigenvalue weighted by Gasteiger charge is -2.09. The van der Waals surface area contributed by atoms with Crippen LogP contribution in [0.4, 0.5) is 5.82 Å². The van der Waals surface area contributed by atoms with Gasteiger partial charge in [0.05, 0.1) is 5.69 Å². The van der Waals surface area contributed by atoms with Gasteiger partial charge < -0.3 is 5.73 Å². The molecule has 0 aliphatic rings. The molecule has 4 heteroatoms. The molecule has 1 aromatic carbocycles. The Bertz CT molecular complexity index is 600. The van der Waals surface area contributed by atoms with E-state index in [9.17, 15) is 0 Å². The molecule has 0 saturated carbocycles. The van der Waals surface area contributed by atoms with E-state index < -0.39 is 0 Å². The minimum atomic E-state index is 0.532. The Labute approximate surface area is 119 Å². The van der Waals surface area contributed by atoms with Gasteiger partial charge in [0.15, 0.2) is 0 Å². The Morgan fingerprint density at radius 1 is 1.37 bits per heavy atom. The molecule has 0 spiro atoms. The van der Waals surface area contributed by atoms with Gasteiger partial charge in [0.2, 0.25) is 0 Å². The number of hydrogen-bond donors (Lipinski definition) is 1. The van der Waals surface area contributed by atoms with Gasteiger partial charge >= 0.3 is 0 Å². The number of aryl methyl sites for hydroxylation is 1. The highest BCUT2D eigenvalue weighted by atomic mass is 35.5. The molecule has 0 amide bonds. The molecule has 102 valence electrons. The summed E-state index contributed by atoms with van der Waals surface area (Å²) in [6.07, 6.45) is 0.918. The van der Waals surface area contributed by atoms with Crippen LogP contribution in [-0.2, 0) is 13.5 Å². The second kappa shape index (κ2) is 5.25. The first-order valence-corrected chi connectivity index (χ1v) is 6.86. The van der Waals surface area contributed by atoms with Crippen molar-refractivity contribution in [2.45, 2.75) is 27.2 Å². The number of anilines is 1. The molecule has 19 heavy (non-hydrogen) atoms. The average Bonchev–Trinajstić information content (AvgIpc) is 2.60. The van der Waals surface area contributed by atoms with Crippen molar-refractivity contribution in [3.8, 4) is 11.3 Å². The molecule has 1 aromatic heterocycles. The number of nitrogens with zero attached hydrogens (tertiary/aromatic N) is 2. The third kappa shape index (κ3) is 2.61. The van der Waals surface area contributed by atoms with Crippen molar-refractivity contribution < 1.29 is 0 Å². The van der Waals surface area contributed by atoms with Gasteiger partial charge in [0, 0.05) is 23.2 Å². The fourth-order valence-corrected chi connectivity index (χ4v) is 2.45. The van der Waals surface area contributed by atoms with Crippen molar-refractivity contribution in [3.05, 3.63) is 34.3 Å². The van der Waals surface area contributed by atoms with Crippen LogP contribution in [0.15, 0.2) is 18.2 Å². The topological polar surface area (TPSA) is 43.8 Å². The van der Waals surface area contributed by atoms with Gasteiger partial charge in [-0.2, -0.15) is 5.10 Å². The summed E-state index contributed by atoms with van der Waals surface area (Å²) in [5.41, 5.74) is 10.3. The predicted octanol–water partition coefficient (Wildman–Crippen LogP) is 3.83. The first kappa shape index (κ1) is 13.9. The number of aromatic nitrogens is 2. The normalized spacial score (nSPS) is 11.3. The lowest BCUT2D eigenvalue weighted by Crippen LogP contribution is -2.02. The van der Waals surface area contributed by atoms with E-state index in [1.165, 1.54) is 0 Å². The summed E-state index contributed by atoms with van der Waals surface area (Å²) in [4.78, 5) is 0. The first-order chi connectivity index (χ1) is 8.91. The van der Waals surface area contributed by atoms with Crippen LogP contribution in [0.25, 0.3) is 11.3 Å². The lowest BCUT2D eigenvalue weighted by molar-refractivity contribution is 0.648. The summed E-state index contributed by atoms with van der Waals surface area (Å²) in [5.74, 6) is 1.27. The molecular formula is C15H20ClN3. The van der Waals surface area contributed by atoms with Gasteiger partial charge in [-0.3, -0.25) is 4.68 Å². The third-order valence-corrected chi connectivity index (χ3v) is 3.74. The summed E-state index contributed by atoms with van der Waals surface area (Å²) in [6.45, 7) is 6.38. The van der Waals surface area contributed by atoms with E-state index >= 15 is 0 Å². The van der Waals surface area contributed by atoms with Crippen molar-refractivity contribution >= 4 is 17.4 Å². The zero-order chi connectivity index (χ0) is 14.2. The van der Waals surface area contributed by atoms with E-state index in [1.807, 2.05) is 32.2 Å². The van der Waals surface area contributed by atoms with Crippen LogP contribution in [0.2, 0.25) is 5.02 Å². The summed E-state index contributed by atoms with van der Waals surface area (Å²) in [7, 11) is 1.88. The average molecular weight is 278 g/mol. The maximum absolute atomic E-state index is 6.20. The maximum atomic E-state index is 6.20. The maximum Gasteiger partial charge on any atom is 0.125 e. The van der Waals surface area contributed by atoms with Crippen LogP contribution in [-0.4, -0.2) is 9.78 Å². The summed E-state index contributed by atoms with van der Waals surface area (Å²) in [5, 5.41) is 5.33. The minimum Gasteiger partial charge on any atom is -0.384 e. The van der Waals surface area contributed by atoms with Gasteiger partial charge in [0.25, 0.3) is 0 Å². The van der Waals surface area contributed by atoms with Gasteiger partial charge in [-0.1, -0.05) is 37.6 Å². The molecule has 0 atom stereocenters. The van der Waals surface area contributed by atoms with Crippen molar-refractivity contribution in [1.82, 2.24) is 9.78 Å². The molecule has 0 bridgehead atoms. The van der Waals surface area contributed by atoms with Crippen LogP contribution < -0.4 is 5.73 Å². The number of benzene rings is 1. The number of halogens is 1. The summed E-state index contributed by atoms with van der Waals surface area (Å²) < 4.78 is 1.74. The van der Waals surface area contributed by atoms with Crippen molar-refractivity contribution in [2.24, 2.45) is 13.0 Å². The van der Waals surface area contributed by atoms with Crippen molar-refractivity contribution in [3.63, 3.8) is 0 Å². The molecule has 0 fully saturated rings. The van der Waals surface area contributed by atoms with E-state index in [0.717, 1.165) is 39.6 Å². The molecule has 0 aliphatic carbocycles. The van der Waals surface area contributed by atoms with E-state index in [2.05, 4.69) is 18.9 Å². The monoisotopic (exact) mass is 277 g/mol. The quantitative estimate of drug-likeness (QED) is 0.927. The third-order valence-electron chi connectivity index (χ3n) is 3.33. The Morgan fingerprint density at radius 2 is 2.05 bits per heavy atom. The molecule has 0 saturated heterocycles. The second-order valence-corrected chi connectivity index (χ2v) is 5.75. The lowest BCUT2D eigenvalue weighted by atomic mass is 9.97. The number of hydrogen-bond acceptors (Lipinski definition) is 2. The molecule has 0 unspecified atom stereocenters. The van der Waals surface area contributed by atoms with Crippen molar-refractivity contribution in [2.75, 3.05) is 5.73 Å². The highest BCUT2D eigenvalue weighted by Crippen LogP contribution is 2.33. The number of rotatable bonds is 3. The molecule has 1 heterocycles. The van der Waals surface area contributed by atoms with Crippen LogP contribution >= 0.6 is 11.6 Å². The Kier molecular flexibility index (Phi) is 3.85. The Morgan fingerprint density at radius 3 is 2.68 bits per heavy atom. The summed E-state index contributed by atoms with van der Waals surface area (Å²) in [6, 6.07) is 5.90. The van der Waals surface area contributed by atoms with Gasteiger partial charge in [0.1, 0.15) is 5.82 Å². The van der Waals surface area contributed by atoms with Crippen molar-refractivity contribution in [1.29, 1.82) is 0 Å². The van der Waals surface area contributed by atoms with Gasteiger partial charge in [-0.05, 0) is 30.9 Å². The highest BCUT2D eigenvalue weighted by Gasteiger charge is 2.18. The molecule has 2 aromatic rings. The Balaban J connectivity index is 2.62. The zero-order valence-corrected chi connectivity index (χ0v) is 12.6. The Hall–Kier alpha value is -1.48. The minimum absolute atomic E-state index is 0.532. The molecule has 0 radical (unpaired) electrons. The van der Waals surface area contributed by atoms with Gasteiger partial charge in [-0.25, -0.2) is 0 Å². The van der Waals surface area contributed by atoms with E-state index in [0.29, 0.717) is 5.92 Å². The SMILES string of the molecule is Cc1c(Cl)cccc1-c1nn(C)c(N)c1CC(C)C. The smallest absolute Gasteiger partial charge is 0.125 e. The summed E-state index contributed by atoms with van der Waals surface area (Å²) >= 11 is 6.20.